The molecule has 0 radical (unpaired) electrons. The molecule has 3 aromatic rings. The minimum atomic E-state index is -0.0390. The number of benzene rings is 1. The molecule has 0 saturated carbocycles. The van der Waals surface area contributed by atoms with Crippen molar-refractivity contribution in [2.24, 2.45) is 5.73 Å². The maximum absolute atomic E-state index is 12.2. The summed E-state index contributed by atoms with van der Waals surface area (Å²) in [6.07, 6.45) is 5.15. The van der Waals surface area contributed by atoms with Crippen molar-refractivity contribution in [3.63, 3.8) is 0 Å². The number of aromatic nitrogens is 3. The first-order valence-electron chi connectivity index (χ1n) is 6.08. The quantitative estimate of drug-likeness (QED) is 0.758. The summed E-state index contributed by atoms with van der Waals surface area (Å²) in [4.78, 5) is 12.2. The number of hydrogen-bond donors (Lipinski definition) is 1. The van der Waals surface area contributed by atoms with Gasteiger partial charge in [-0.05, 0) is 17.2 Å². The molecule has 2 N–H and O–H groups in total. The first kappa shape index (κ1) is 11.7. The van der Waals surface area contributed by atoms with E-state index in [2.05, 4.69) is 5.10 Å². The molecular weight excluding hydrogens is 240 g/mol. The first-order valence-corrected chi connectivity index (χ1v) is 6.08. The van der Waals surface area contributed by atoms with Gasteiger partial charge in [0.2, 0.25) is 0 Å². The van der Waals surface area contributed by atoms with Crippen LogP contribution in [0.25, 0.3) is 5.52 Å². The van der Waals surface area contributed by atoms with E-state index < -0.39 is 0 Å². The molecule has 2 heterocycles. The molecule has 19 heavy (non-hydrogen) atoms. The molecule has 0 fully saturated rings. The number of nitrogens with two attached hydrogens (primary N) is 1. The van der Waals surface area contributed by atoms with Gasteiger partial charge in [-0.3, -0.25) is 4.79 Å². The zero-order valence-corrected chi connectivity index (χ0v) is 10.4. The highest BCUT2D eigenvalue weighted by molar-refractivity contribution is 5.42. The highest BCUT2D eigenvalue weighted by Crippen LogP contribution is 2.05. The maximum atomic E-state index is 12.2. The zero-order valence-electron chi connectivity index (χ0n) is 10.4. The Bertz CT molecular complexity index is 755. The molecule has 0 aliphatic heterocycles. The van der Waals surface area contributed by atoms with E-state index >= 15 is 0 Å². The molecule has 96 valence electrons. The molecule has 0 spiro atoms. The van der Waals surface area contributed by atoms with Crippen LogP contribution in [0.2, 0.25) is 0 Å². The van der Waals surface area contributed by atoms with Crippen LogP contribution in [0.15, 0.2) is 53.7 Å². The van der Waals surface area contributed by atoms with Crippen molar-refractivity contribution in [3.05, 3.63) is 70.4 Å². The fourth-order valence-electron chi connectivity index (χ4n) is 2.06. The summed E-state index contributed by atoms with van der Waals surface area (Å²) in [7, 11) is 0. The Morgan fingerprint density at radius 2 is 1.79 bits per heavy atom. The molecule has 0 aliphatic carbocycles. The van der Waals surface area contributed by atoms with Crippen molar-refractivity contribution >= 4 is 5.52 Å². The van der Waals surface area contributed by atoms with E-state index in [4.69, 9.17) is 5.73 Å². The lowest BCUT2D eigenvalue weighted by atomic mass is 10.1. The van der Waals surface area contributed by atoms with Crippen LogP contribution < -0.4 is 11.3 Å². The van der Waals surface area contributed by atoms with E-state index in [9.17, 15) is 4.79 Å². The van der Waals surface area contributed by atoms with Crippen LogP contribution in [0.5, 0.6) is 0 Å². The summed E-state index contributed by atoms with van der Waals surface area (Å²) in [5, 5.41) is 4.04. The van der Waals surface area contributed by atoms with Gasteiger partial charge in [-0.25, -0.2) is 4.52 Å². The molecule has 1 aromatic carbocycles. The summed E-state index contributed by atoms with van der Waals surface area (Å²) < 4.78 is 3.25. The van der Waals surface area contributed by atoms with Crippen molar-refractivity contribution in [3.8, 4) is 0 Å². The van der Waals surface area contributed by atoms with Crippen LogP contribution in [0.3, 0.4) is 0 Å². The van der Waals surface area contributed by atoms with Crippen molar-refractivity contribution in [2.45, 2.75) is 13.1 Å². The van der Waals surface area contributed by atoms with Crippen molar-refractivity contribution in [2.75, 3.05) is 0 Å². The van der Waals surface area contributed by atoms with Gasteiger partial charge in [0.15, 0.2) is 0 Å². The summed E-state index contributed by atoms with van der Waals surface area (Å²) in [6.45, 7) is 1.08. The van der Waals surface area contributed by atoms with Crippen molar-refractivity contribution < 1.29 is 0 Å². The molecule has 0 saturated heterocycles. The Hall–Kier alpha value is -2.40. The first-order chi connectivity index (χ1) is 9.28. The summed E-state index contributed by atoms with van der Waals surface area (Å²) in [5.41, 5.74) is 8.27. The highest BCUT2D eigenvalue weighted by Gasteiger charge is 2.03. The standard InChI is InChI=1S/C14H14N4O/c15-9-11-1-3-12(4-2-11)10-17-7-8-18-13(14(17)19)5-6-16-18/h1-8H,9-10,15H2. The Labute approximate surface area is 109 Å². The smallest absolute Gasteiger partial charge is 0.276 e. The summed E-state index contributed by atoms with van der Waals surface area (Å²) in [5.74, 6) is 0. The lowest BCUT2D eigenvalue weighted by Gasteiger charge is -2.07. The minimum Gasteiger partial charge on any atom is -0.326 e. The normalized spacial score (nSPS) is 11.0. The van der Waals surface area contributed by atoms with E-state index in [1.165, 1.54) is 0 Å². The lowest BCUT2D eigenvalue weighted by Crippen LogP contribution is -2.21. The van der Waals surface area contributed by atoms with E-state index in [1.807, 2.05) is 24.3 Å². The van der Waals surface area contributed by atoms with Gasteiger partial charge in [0, 0.05) is 18.9 Å². The molecule has 2 aromatic heterocycles. The molecular formula is C14H14N4O. The van der Waals surface area contributed by atoms with E-state index in [1.54, 1.807) is 33.7 Å². The van der Waals surface area contributed by atoms with Gasteiger partial charge in [0.25, 0.3) is 5.56 Å². The fraction of sp³-hybridized carbons (Fsp3) is 0.143. The van der Waals surface area contributed by atoms with Gasteiger partial charge in [0.1, 0.15) is 5.52 Å². The third-order valence-corrected chi connectivity index (χ3v) is 3.15. The van der Waals surface area contributed by atoms with E-state index in [0.717, 1.165) is 11.1 Å². The molecule has 0 atom stereocenters. The largest absolute Gasteiger partial charge is 0.326 e. The number of hydrogen-bond acceptors (Lipinski definition) is 3. The second-order valence-corrected chi connectivity index (χ2v) is 4.41. The molecule has 5 nitrogen and oxygen atoms in total. The van der Waals surface area contributed by atoms with Crippen LogP contribution in [0, 0.1) is 0 Å². The molecule has 0 aliphatic rings. The molecule has 0 unspecified atom stereocenters. The molecule has 5 heteroatoms. The number of nitrogens with zero attached hydrogens (tertiary/aromatic N) is 3. The summed E-state index contributed by atoms with van der Waals surface area (Å²) in [6, 6.07) is 9.68. The van der Waals surface area contributed by atoms with Crippen LogP contribution in [0.1, 0.15) is 11.1 Å². The van der Waals surface area contributed by atoms with Crippen molar-refractivity contribution in [1.82, 2.24) is 14.2 Å². The van der Waals surface area contributed by atoms with Gasteiger partial charge in [-0.1, -0.05) is 24.3 Å². The Morgan fingerprint density at radius 3 is 2.53 bits per heavy atom. The van der Waals surface area contributed by atoms with Gasteiger partial charge in [-0.2, -0.15) is 5.10 Å². The van der Waals surface area contributed by atoms with Crippen molar-refractivity contribution in [1.29, 1.82) is 0 Å². The van der Waals surface area contributed by atoms with Gasteiger partial charge >= 0.3 is 0 Å². The minimum absolute atomic E-state index is 0.0390. The van der Waals surface area contributed by atoms with Gasteiger partial charge in [-0.15, -0.1) is 0 Å². The third-order valence-electron chi connectivity index (χ3n) is 3.15. The SMILES string of the molecule is NCc1ccc(Cn2ccn3nccc3c2=O)cc1. The van der Waals surface area contributed by atoms with Crippen LogP contribution >= 0.6 is 0 Å². The number of fused-ring (bicyclic) bond motifs is 1. The van der Waals surface area contributed by atoms with E-state index in [0.29, 0.717) is 18.6 Å². The van der Waals surface area contributed by atoms with Gasteiger partial charge < -0.3 is 10.3 Å². The zero-order chi connectivity index (χ0) is 13.2. The van der Waals surface area contributed by atoms with E-state index in [-0.39, 0.29) is 5.56 Å². The predicted octanol–water partition coefficient (Wildman–Crippen LogP) is 1.00. The average Bonchev–Trinajstić information content (AvgIpc) is 2.92. The monoisotopic (exact) mass is 254 g/mol. The Kier molecular flexibility index (Phi) is 2.89. The second-order valence-electron chi connectivity index (χ2n) is 4.41. The average molecular weight is 254 g/mol. The molecule has 0 bridgehead atoms. The molecule has 0 amide bonds. The van der Waals surface area contributed by atoms with Crippen LogP contribution in [-0.2, 0) is 13.1 Å². The lowest BCUT2D eigenvalue weighted by molar-refractivity contribution is 0.742. The van der Waals surface area contributed by atoms with Crippen LogP contribution in [0.4, 0.5) is 0 Å². The summed E-state index contributed by atoms with van der Waals surface area (Å²) >= 11 is 0. The third kappa shape index (κ3) is 2.15. The second kappa shape index (κ2) is 4.70. The van der Waals surface area contributed by atoms with Crippen LogP contribution in [-0.4, -0.2) is 14.2 Å². The Morgan fingerprint density at radius 1 is 1.05 bits per heavy atom. The Balaban J connectivity index is 1.95. The highest BCUT2D eigenvalue weighted by atomic mass is 16.1. The maximum Gasteiger partial charge on any atom is 0.276 e. The van der Waals surface area contributed by atoms with Gasteiger partial charge in [0.05, 0.1) is 12.7 Å². The topological polar surface area (TPSA) is 65.3 Å². The fourth-order valence-corrected chi connectivity index (χ4v) is 2.06. The number of rotatable bonds is 3. The predicted molar refractivity (Wildman–Crippen MR) is 72.9 cm³/mol. The molecule has 3 rings (SSSR count).